The fourth-order valence-electron chi connectivity index (χ4n) is 1.68. The molecular weight excluding hydrogens is 254 g/mol. The van der Waals surface area contributed by atoms with E-state index in [0.717, 1.165) is 16.8 Å². The molecule has 2 N–H and O–H groups in total. The van der Waals surface area contributed by atoms with Crippen LogP contribution in [-0.4, -0.2) is 30.3 Å². The van der Waals surface area contributed by atoms with Crippen LogP contribution in [0.3, 0.4) is 0 Å². The predicted molar refractivity (Wildman–Crippen MR) is 79.5 cm³/mol. The quantitative estimate of drug-likeness (QED) is 0.827. The van der Waals surface area contributed by atoms with E-state index in [-0.39, 0.29) is 18.9 Å². The van der Waals surface area contributed by atoms with Gasteiger partial charge in [0.25, 0.3) is 0 Å². The second-order valence-corrected chi connectivity index (χ2v) is 5.18. The van der Waals surface area contributed by atoms with Gasteiger partial charge in [-0.1, -0.05) is 11.8 Å². The number of hydrogen-bond donors (Lipinski definition) is 2. The highest BCUT2D eigenvalue weighted by Crippen LogP contribution is 2.19. The topological polar surface area (TPSA) is 58.6 Å². The zero-order chi connectivity index (χ0) is 15.2. The molecule has 0 heterocycles. The lowest BCUT2D eigenvalue weighted by atomic mass is 10.0. The number of aliphatic hydroxyl groups excluding tert-OH is 1. The molecule has 0 bridgehead atoms. The number of aryl methyl sites for hydroxylation is 1. The summed E-state index contributed by atoms with van der Waals surface area (Å²) in [5.41, 5.74) is 2.02. The number of benzene rings is 1. The van der Waals surface area contributed by atoms with Crippen LogP contribution < -0.4 is 5.32 Å². The van der Waals surface area contributed by atoms with Gasteiger partial charge >= 0.3 is 0 Å². The van der Waals surface area contributed by atoms with Crippen molar-refractivity contribution < 1.29 is 14.6 Å². The molecule has 0 unspecified atom stereocenters. The van der Waals surface area contributed by atoms with Gasteiger partial charge < -0.3 is 15.2 Å². The SMILES string of the molecule is COC(C)(C)CC(=O)Nc1ccc(C#CCO)cc1C. The number of carbonyl (C=O) groups is 1. The second kappa shape index (κ2) is 7.09. The van der Waals surface area contributed by atoms with Crippen molar-refractivity contribution in [2.24, 2.45) is 0 Å². The molecule has 0 saturated carbocycles. The van der Waals surface area contributed by atoms with Crippen molar-refractivity contribution in [3.05, 3.63) is 29.3 Å². The molecule has 0 aromatic heterocycles. The van der Waals surface area contributed by atoms with E-state index in [0.29, 0.717) is 0 Å². The molecule has 0 aliphatic carbocycles. The Kier molecular flexibility index (Phi) is 5.75. The standard InChI is InChI=1S/C16H21NO3/c1-12-10-13(6-5-9-18)7-8-14(12)17-15(19)11-16(2,3)20-4/h7-8,10,18H,9,11H2,1-4H3,(H,17,19). The Balaban J connectivity index is 2.76. The zero-order valence-electron chi connectivity index (χ0n) is 12.4. The lowest BCUT2D eigenvalue weighted by Crippen LogP contribution is -2.29. The zero-order valence-corrected chi connectivity index (χ0v) is 12.4. The second-order valence-electron chi connectivity index (χ2n) is 5.18. The van der Waals surface area contributed by atoms with Gasteiger partial charge in [0.05, 0.1) is 12.0 Å². The summed E-state index contributed by atoms with van der Waals surface area (Å²) in [6, 6.07) is 5.50. The number of aliphatic hydroxyl groups is 1. The fraction of sp³-hybridized carbons (Fsp3) is 0.438. The van der Waals surface area contributed by atoms with E-state index in [9.17, 15) is 4.79 Å². The molecule has 1 aromatic rings. The van der Waals surface area contributed by atoms with Gasteiger partial charge in [0.1, 0.15) is 6.61 Å². The predicted octanol–water partition coefficient (Wildman–Crippen LogP) is 2.09. The number of anilines is 1. The number of ether oxygens (including phenoxy) is 1. The number of amides is 1. The van der Waals surface area contributed by atoms with Crippen molar-refractivity contribution in [3.8, 4) is 11.8 Å². The van der Waals surface area contributed by atoms with Crippen molar-refractivity contribution in [3.63, 3.8) is 0 Å². The minimum absolute atomic E-state index is 0.0888. The summed E-state index contributed by atoms with van der Waals surface area (Å²) >= 11 is 0. The van der Waals surface area contributed by atoms with Crippen LogP contribution in [0.25, 0.3) is 0 Å². The van der Waals surface area contributed by atoms with Crippen LogP contribution in [0, 0.1) is 18.8 Å². The Morgan fingerprint density at radius 2 is 2.15 bits per heavy atom. The van der Waals surface area contributed by atoms with Crippen LogP contribution in [0.4, 0.5) is 5.69 Å². The van der Waals surface area contributed by atoms with Gasteiger partial charge in [0.15, 0.2) is 0 Å². The summed E-state index contributed by atoms with van der Waals surface area (Å²) in [4.78, 5) is 11.9. The Morgan fingerprint density at radius 3 is 2.70 bits per heavy atom. The molecule has 108 valence electrons. The lowest BCUT2D eigenvalue weighted by molar-refractivity contribution is -0.121. The molecule has 20 heavy (non-hydrogen) atoms. The van der Waals surface area contributed by atoms with E-state index in [1.807, 2.05) is 39.0 Å². The van der Waals surface area contributed by atoms with Gasteiger partial charge in [-0.25, -0.2) is 0 Å². The number of nitrogens with one attached hydrogen (secondary N) is 1. The van der Waals surface area contributed by atoms with Crippen molar-refractivity contribution >= 4 is 11.6 Å². The van der Waals surface area contributed by atoms with E-state index in [1.54, 1.807) is 7.11 Å². The highest BCUT2D eigenvalue weighted by Gasteiger charge is 2.21. The molecule has 4 nitrogen and oxygen atoms in total. The van der Waals surface area contributed by atoms with Crippen LogP contribution >= 0.6 is 0 Å². The molecule has 1 rings (SSSR count). The van der Waals surface area contributed by atoms with Crippen LogP contribution in [-0.2, 0) is 9.53 Å². The molecule has 0 aliphatic heterocycles. The van der Waals surface area contributed by atoms with Crippen LogP contribution in [0.1, 0.15) is 31.4 Å². The Hall–Kier alpha value is -1.83. The number of rotatable bonds is 4. The molecule has 1 aromatic carbocycles. The maximum absolute atomic E-state index is 11.9. The van der Waals surface area contributed by atoms with Crippen molar-refractivity contribution in [1.29, 1.82) is 0 Å². The van der Waals surface area contributed by atoms with E-state index in [2.05, 4.69) is 17.2 Å². The van der Waals surface area contributed by atoms with Crippen LogP contribution in [0.15, 0.2) is 18.2 Å². The molecule has 0 radical (unpaired) electrons. The van der Waals surface area contributed by atoms with E-state index in [1.165, 1.54) is 0 Å². The first-order valence-electron chi connectivity index (χ1n) is 6.43. The number of carbonyl (C=O) groups excluding carboxylic acids is 1. The summed E-state index contributed by atoms with van der Waals surface area (Å²) in [6.45, 7) is 5.48. The largest absolute Gasteiger partial charge is 0.384 e. The minimum Gasteiger partial charge on any atom is -0.384 e. The van der Waals surface area contributed by atoms with Gasteiger partial charge in [0.2, 0.25) is 5.91 Å². The first-order chi connectivity index (χ1) is 9.38. The van der Waals surface area contributed by atoms with Crippen LogP contribution in [0.2, 0.25) is 0 Å². The monoisotopic (exact) mass is 275 g/mol. The van der Waals surface area contributed by atoms with Gasteiger partial charge in [-0.05, 0) is 44.5 Å². The molecule has 4 heteroatoms. The van der Waals surface area contributed by atoms with Crippen LogP contribution in [0.5, 0.6) is 0 Å². The van der Waals surface area contributed by atoms with Crippen molar-refractivity contribution in [2.75, 3.05) is 19.0 Å². The lowest BCUT2D eigenvalue weighted by Gasteiger charge is -2.22. The Morgan fingerprint density at radius 1 is 1.45 bits per heavy atom. The first kappa shape index (κ1) is 16.2. The summed E-state index contributed by atoms with van der Waals surface area (Å²) in [5.74, 6) is 5.33. The summed E-state index contributed by atoms with van der Waals surface area (Å²) < 4.78 is 5.24. The van der Waals surface area contributed by atoms with Gasteiger partial charge in [-0.3, -0.25) is 4.79 Å². The summed E-state index contributed by atoms with van der Waals surface area (Å²) in [5, 5.41) is 11.5. The smallest absolute Gasteiger partial charge is 0.227 e. The molecule has 0 fully saturated rings. The van der Waals surface area contributed by atoms with Gasteiger partial charge in [-0.15, -0.1) is 0 Å². The van der Waals surface area contributed by atoms with E-state index < -0.39 is 5.60 Å². The van der Waals surface area contributed by atoms with Gasteiger partial charge in [0, 0.05) is 18.4 Å². The third kappa shape index (κ3) is 5.04. The maximum atomic E-state index is 11.9. The Bertz CT molecular complexity index is 538. The normalized spacial score (nSPS) is 10.7. The van der Waals surface area contributed by atoms with Gasteiger partial charge in [-0.2, -0.15) is 0 Å². The number of methoxy groups -OCH3 is 1. The van der Waals surface area contributed by atoms with E-state index in [4.69, 9.17) is 9.84 Å². The average Bonchev–Trinajstić information content (AvgIpc) is 2.38. The third-order valence-corrected chi connectivity index (χ3v) is 2.95. The molecule has 0 saturated heterocycles. The Labute approximate surface area is 120 Å². The molecule has 0 spiro atoms. The van der Waals surface area contributed by atoms with Crippen molar-refractivity contribution in [1.82, 2.24) is 0 Å². The first-order valence-corrected chi connectivity index (χ1v) is 6.43. The average molecular weight is 275 g/mol. The molecular formula is C16H21NO3. The highest BCUT2D eigenvalue weighted by atomic mass is 16.5. The highest BCUT2D eigenvalue weighted by molar-refractivity contribution is 5.92. The maximum Gasteiger partial charge on any atom is 0.227 e. The number of hydrogen-bond acceptors (Lipinski definition) is 3. The van der Waals surface area contributed by atoms with E-state index >= 15 is 0 Å². The third-order valence-electron chi connectivity index (χ3n) is 2.95. The molecule has 0 aliphatic rings. The summed E-state index contributed by atoms with van der Waals surface area (Å²) in [7, 11) is 1.59. The summed E-state index contributed by atoms with van der Waals surface area (Å²) in [6.07, 6.45) is 0.287. The fourth-order valence-corrected chi connectivity index (χ4v) is 1.68. The van der Waals surface area contributed by atoms with Crippen molar-refractivity contribution in [2.45, 2.75) is 32.8 Å². The minimum atomic E-state index is -0.482. The molecule has 1 amide bonds. The molecule has 0 atom stereocenters.